The van der Waals surface area contributed by atoms with Crippen molar-refractivity contribution in [1.82, 2.24) is 0 Å². The lowest BCUT2D eigenvalue weighted by molar-refractivity contribution is -0.238. The van der Waals surface area contributed by atoms with Gasteiger partial charge in [0.05, 0.1) is 190 Å². The highest BCUT2D eigenvalue weighted by atomic mass is 16.6. The van der Waals surface area contributed by atoms with Gasteiger partial charge in [0.1, 0.15) is 24.4 Å². The molecule has 0 amide bonds. The van der Waals surface area contributed by atoms with Crippen LogP contribution < -0.4 is 0 Å². The molecule has 5 fully saturated rings. The maximum Gasteiger partial charge on any atom is 0.110 e. The van der Waals surface area contributed by atoms with Gasteiger partial charge in [0.15, 0.2) is 0 Å². The molecule has 0 aromatic rings. The van der Waals surface area contributed by atoms with Crippen LogP contribution in [0.25, 0.3) is 0 Å². The molecule has 0 saturated carbocycles. The van der Waals surface area contributed by atoms with Crippen LogP contribution in [0.5, 0.6) is 0 Å². The average molecular weight is 1020 g/mol. The monoisotopic (exact) mass is 1020 g/mol. The number of hydrogen-bond acceptors (Lipinski definition) is 25. The fourth-order valence-electron chi connectivity index (χ4n) is 10.3. The Bertz CT molecular complexity index is 1430. The first kappa shape index (κ1) is 59.9. The zero-order valence-corrected chi connectivity index (χ0v) is 40.0. The van der Waals surface area contributed by atoms with Gasteiger partial charge in [-0.15, -0.1) is 0 Å². The molecule has 25 atom stereocenters. The molecule has 0 radical (unpaired) electrons. The average Bonchev–Trinajstić information content (AvgIpc) is 3.35. The fraction of sp³-hybridized carbons (Fsp3) is 1.00. The number of aliphatic hydroxyl groups is 15. The maximum absolute atomic E-state index is 11.3. The molecule has 25 nitrogen and oxygen atoms in total. The standard InChI is InChI=1S/C45H82O25/c1-3-24-32(7-46)66-12-21(4-29(51)39(24)54)64-18-28-36(11-50)70-38(45(60)43(28)58)20-62-15-25-33(8-47)67-13-22(5-30(52)40(25)55)63-16-26-34(9-48)68-14-23(6-31(53)41(26)56)65-17-27-35(10-49)69-37(19-61-2)44(59)42(27)57/h21-60H,3-20H2,1-2H3/t21?,22?,23?,24-,25-,26-,27-,28-,29?,30?,31?,32?,33?,34?,35?,36?,37-,38-,39+,40?,41+,42+,43+,44?,45?/m1/s1. The molecular formula is C45H82O25. The predicted molar refractivity (Wildman–Crippen MR) is 236 cm³/mol. The lowest BCUT2D eigenvalue weighted by Gasteiger charge is -2.43. The highest BCUT2D eigenvalue weighted by molar-refractivity contribution is 4.95. The van der Waals surface area contributed by atoms with Crippen molar-refractivity contribution in [2.45, 2.75) is 155 Å². The molecule has 0 aromatic heterocycles. The Morgan fingerprint density at radius 2 is 0.700 bits per heavy atom. The number of rotatable bonds is 21. The van der Waals surface area contributed by atoms with Gasteiger partial charge in [0, 0.05) is 56.0 Å². The van der Waals surface area contributed by atoms with E-state index in [1.807, 2.05) is 6.92 Å². The summed E-state index contributed by atoms with van der Waals surface area (Å²) < 4.78 is 58.1. The third kappa shape index (κ3) is 15.3. The highest BCUT2D eigenvalue weighted by Gasteiger charge is 2.48. The summed E-state index contributed by atoms with van der Waals surface area (Å²) in [7, 11) is 1.40. The second kappa shape index (κ2) is 29.3. The summed E-state index contributed by atoms with van der Waals surface area (Å²) in [4.78, 5) is 0. The quantitative estimate of drug-likeness (QED) is 0.0508. The summed E-state index contributed by atoms with van der Waals surface area (Å²) in [6.07, 6.45) is -23.3. The van der Waals surface area contributed by atoms with Crippen molar-refractivity contribution in [1.29, 1.82) is 0 Å². The summed E-state index contributed by atoms with van der Waals surface area (Å²) in [5, 5.41) is 160. The van der Waals surface area contributed by atoms with Crippen molar-refractivity contribution in [3.05, 3.63) is 0 Å². The molecule has 5 aliphatic heterocycles. The molecular weight excluding hydrogens is 940 g/mol. The first-order valence-corrected chi connectivity index (χ1v) is 24.5. The van der Waals surface area contributed by atoms with E-state index in [0.29, 0.717) is 6.42 Å². The smallest absolute Gasteiger partial charge is 0.110 e. The lowest BCUT2D eigenvalue weighted by Crippen LogP contribution is -2.58. The van der Waals surface area contributed by atoms with E-state index in [2.05, 4.69) is 0 Å². The van der Waals surface area contributed by atoms with E-state index in [9.17, 15) is 76.6 Å². The molecule has 0 spiro atoms. The van der Waals surface area contributed by atoms with Gasteiger partial charge in [-0.25, -0.2) is 0 Å². The van der Waals surface area contributed by atoms with Crippen molar-refractivity contribution in [2.24, 2.45) is 29.6 Å². The van der Waals surface area contributed by atoms with Gasteiger partial charge in [0.25, 0.3) is 0 Å². The van der Waals surface area contributed by atoms with Gasteiger partial charge in [-0.1, -0.05) is 6.92 Å². The zero-order valence-electron chi connectivity index (χ0n) is 40.0. The summed E-state index contributed by atoms with van der Waals surface area (Å²) in [5.74, 6) is -4.34. The minimum atomic E-state index is -1.54. The molecule has 15 N–H and O–H groups in total. The molecule has 0 aliphatic carbocycles. The van der Waals surface area contributed by atoms with Gasteiger partial charge in [-0.3, -0.25) is 0 Å². The van der Waals surface area contributed by atoms with E-state index in [-0.39, 0.29) is 85.3 Å². The van der Waals surface area contributed by atoms with Crippen molar-refractivity contribution < 1.29 is 124 Å². The van der Waals surface area contributed by atoms with Crippen LogP contribution in [0, 0.1) is 29.6 Å². The molecule has 5 saturated heterocycles. The van der Waals surface area contributed by atoms with Gasteiger partial charge in [-0.05, 0) is 6.42 Å². The van der Waals surface area contributed by atoms with Gasteiger partial charge in [-0.2, -0.15) is 0 Å². The Morgan fingerprint density at radius 3 is 1.06 bits per heavy atom. The van der Waals surface area contributed by atoms with E-state index >= 15 is 0 Å². The van der Waals surface area contributed by atoms with E-state index in [0.717, 1.165) is 0 Å². The Hall–Kier alpha value is -1.00. The number of hydrogen-bond donors (Lipinski definition) is 15. The second-order valence-electron chi connectivity index (χ2n) is 19.4. The number of ether oxygens (including phenoxy) is 10. The van der Waals surface area contributed by atoms with Crippen LogP contribution >= 0.6 is 0 Å². The van der Waals surface area contributed by atoms with E-state index in [4.69, 9.17) is 47.4 Å². The topological polar surface area (TPSA) is 396 Å². The summed E-state index contributed by atoms with van der Waals surface area (Å²) >= 11 is 0. The first-order chi connectivity index (χ1) is 33.5. The Kier molecular flexibility index (Phi) is 25.1. The lowest BCUT2D eigenvalue weighted by atomic mass is 9.86. The molecule has 70 heavy (non-hydrogen) atoms. The number of aliphatic hydroxyl groups excluding tert-OH is 15. The van der Waals surface area contributed by atoms with E-state index < -0.39 is 178 Å². The van der Waals surface area contributed by atoms with Crippen LogP contribution in [-0.4, -0.2) is 298 Å². The zero-order chi connectivity index (χ0) is 51.2. The highest BCUT2D eigenvalue weighted by Crippen LogP contribution is 2.33. The molecule has 25 heteroatoms. The van der Waals surface area contributed by atoms with Crippen molar-refractivity contribution in [2.75, 3.05) is 99.6 Å². The number of methoxy groups -OCH3 is 1. The molecule has 0 bridgehead atoms. The van der Waals surface area contributed by atoms with Crippen molar-refractivity contribution in [3.63, 3.8) is 0 Å². The van der Waals surface area contributed by atoms with Crippen molar-refractivity contribution >= 4 is 0 Å². The predicted octanol–water partition coefficient (Wildman–Crippen LogP) is -7.23. The normalized spacial score (nSPS) is 46.0. The molecule has 0 aromatic carbocycles. The Balaban J connectivity index is 1.09. The maximum atomic E-state index is 11.3. The molecule has 14 unspecified atom stereocenters. The largest absolute Gasteiger partial charge is 0.394 e. The fourth-order valence-corrected chi connectivity index (χ4v) is 10.3. The van der Waals surface area contributed by atoms with E-state index in [1.165, 1.54) is 7.11 Å². The molecule has 5 heterocycles. The van der Waals surface area contributed by atoms with Crippen molar-refractivity contribution in [3.8, 4) is 0 Å². The van der Waals surface area contributed by atoms with Gasteiger partial charge in [0.2, 0.25) is 0 Å². The van der Waals surface area contributed by atoms with Gasteiger partial charge >= 0.3 is 0 Å². The van der Waals surface area contributed by atoms with Crippen LogP contribution in [0.3, 0.4) is 0 Å². The Morgan fingerprint density at radius 1 is 0.371 bits per heavy atom. The summed E-state index contributed by atoms with van der Waals surface area (Å²) in [6.45, 7) is -2.74. The second-order valence-corrected chi connectivity index (χ2v) is 19.4. The molecule has 412 valence electrons. The van der Waals surface area contributed by atoms with Crippen LogP contribution in [0.4, 0.5) is 0 Å². The SMILES string of the molecule is CC[C@@H]1C(CO)OCC(OC[C@@H]2C(CO)O[C@H](COC[C@@H]3C(CO)OCC(OC[C@@H]4C(CO)OCC(OC[C@@H]5C(CO)O[C@H](COC)C(O)[C@H]5O)CC(O)[C@H]4O)CC(O)C3O)C(O)[C@H]2O)CC(O)[C@H]1O. The summed E-state index contributed by atoms with van der Waals surface area (Å²) in [5.41, 5.74) is 0. The summed E-state index contributed by atoms with van der Waals surface area (Å²) in [6, 6.07) is 0. The minimum absolute atomic E-state index is 0.0173. The van der Waals surface area contributed by atoms with Crippen LogP contribution in [-0.2, 0) is 47.4 Å². The minimum Gasteiger partial charge on any atom is -0.394 e. The van der Waals surface area contributed by atoms with Crippen LogP contribution in [0.1, 0.15) is 32.6 Å². The van der Waals surface area contributed by atoms with Gasteiger partial charge < -0.3 is 124 Å². The third-order valence-electron chi connectivity index (χ3n) is 14.8. The van der Waals surface area contributed by atoms with E-state index in [1.54, 1.807) is 0 Å². The molecule has 5 rings (SSSR count). The van der Waals surface area contributed by atoms with Crippen LogP contribution in [0.15, 0.2) is 0 Å². The Labute approximate surface area is 407 Å². The first-order valence-electron chi connectivity index (χ1n) is 24.5. The molecule has 5 aliphatic rings. The van der Waals surface area contributed by atoms with Crippen LogP contribution in [0.2, 0.25) is 0 Å². The third-order valence-corrected chi connectivity index (χ3v) is 14.8.